The van der Waals surface area contributed by atoms with Gasteiger partial charge in [-0.25, -0.2) is 4.79 Å². The smallest absolute Gasteiger partial charge is 0.341 e. The van der Waals surface area contributed by atoms with Crippen molar-refractivity contribution in [3.63, 3.8) is 0 Å². The molecule has 2 amide bonds. The Morgan fingerprint density at radius 2 is 1.98 bits per heavy atom. The summed E-state index contributed by atoms with van der Waals surface area (Å²) in [6, 6.07) is 11.5. The quantitative estimate of drug-likeness (QED) is 0.172. The lowest BCUT2D eigenvalue weighted by atomic mass is 9.95. The van der Waals surface area contributed by atoms with Crippen LogP contribution in [-0.4, -0.2) is 44.4 Å². The summed E-state index contributed by atoms with van der Waals surface area (Å²) in [7, 11) is 0. The molecule has 0 radical (unpaired) electrons. The van der Waals surface area contributed by atoms with E-state index in [0.717, 1.165) is 47.4 Å². The van der Waals surface area contributed by atoms with E-state index in [2.05, 4.69) is 20.8 Å². The zero-order chi connectivity index (χ0) is 28.9. The number of carbonyl (C=O) groups is 3. The third-order valence-corrected chi connectivity index (χ3v) is 9.77. The van der Waals surface area contributed by atoms with Crippen LogP contribution in [0.25, 0.3) is 5.69 Å². The number of ether oxygens (including phenoxy) is 1. The van der Waals surface area contributed by atoms with Crippen LogP contribution in [-0.2, 0) is 28.9 Å². The molecule has 3 aromatic heterocycles. The molecule has 2 N–H and O–H groups in total. The van der Waals surface area contributed by atoms with Gasteiger partial charge in [0.25, 0.3) is 5.91 Å². The zero-order valence-corrected chi connectivity index (χ0v) is 25.5. The number of hydrogen-bond acceptors (Lipinski definition) is 9. The molecule has 0 fully saturated rings. The van der Waals surface area contributed by atoms with Gasteiger partial charge in [-0.1, -0.05) is 30.0 Å². The summed E-state index contributed by atoms with van der Waals surface area (Å²) >= 11 is 4.10. The lowest BCUT2D eigenvalue weighted by Gasteiger charge is -2.15. The van der Waals surface area contributed by atoms with Crippen molar-refractivity contribution < 1.29 is 19.1 Å². The second kappa shape index (κ2) is 13.0. The number of fused-ring (bicyclic) bond motifs is 1. The third-order valence-electron chi connectivity index (χ3n) is 6.65. The number of thiophene rings is 2. The summed E-state index contributed by atoms with van der Waals surface area (Å²) in [5, 5.41) is 17.0. The largest absolute Gasteiger partial charge is 0.462 e. The number of aromatic nitrogens is 3. The Bertz CT molecular complexity index is 1560. The molecule has 4 aromatic rings. The van der Waals surface area contributed by atoms with Crippen molar-refractivity contribution in [1.29, 1.82) is 0 Å². The molecule has 3 heterocycles. The van der Waals surface area contributed by atoms with Crippen molar-refractivity contribution in [2.45, 2.75) is 63.4 Å². The van der Waals surface area contributed by atoms with E-state index in [-0.39, 0.29) is 25.0 Å². The molecule has 12 heteroatoms. The average Bonchev–Trinajstić information content (AvgIpc) is 3.70. The van der Waals surface area contributed by atoms with Crippen molar-refractivity contribution in [3.8, 4) is 5.69 Å². The Labute approximate surface area is 250 Å². The fraction of sp³-hybridized carbons (Fsp3) is 0.345. The number of aryl methyl sites for hydroxylation is 2. The molecule has 1 aromatic carbocycles. The van der Waals surface area contributed by atoms with Gasteiger partial charge in [0, 0.05) is 10.6 Å². The van der Waals surface area contributed by atoms with E-state index in [1.165, 1.54) is 34.4 Å². The number of amides is 2. The van der Waals surface area contributed by atoms with Gasteiger partial charge in [-0.3, -0.25) is 14.2 Å². The van der Waals surface area contributed by atoms with Gasteiger partial charge in [0.15, 0.2) is 11.0 Å². The minimum Gasteiger partial charge on any atom is -0.462 e. The van der Waals surface area contributed by atoms with Crippen LogP contribution in [0, 0.1) is 6.92 Å². The molecular formula is C29H31N5O4S3. The Kier molecular flexibility index (Phi) is 9.21. The third kappa shape index (κ3) is 6.55. The minimum atomic E-state index is -0.550. The lowest BCUT2D eigenvalue weighted by Crippen LogP contribution is -2.25. The van der Waals surface area contributed by atoms with E-state index in [1.807, 2.05) is 47.2 Å². The number of carbonyl (C=O) groups excluding carboxylic acids is 3. The molecule has 214 valence electrons. The van der Waals surface area contributed by atoms with Crippen LogP contribution in [0.1, 0.15) is 68.5 Å². The van der Waals surface area contributed by atoms with Crippen molar-refractivity contribution in [1.82, 2.24) is 20.1 Å². The number of nitrogens with zero attached hydrogens (tertiary/aromatic N) is 3. The molecule has 1 aliphatic rings. The monoisotopic (exact) mass is 609 g/mol. The maximum atomic E-state index is 13.4. The van der Waals surface area contributed by atoms with Gasteiger partial charge in [0.2, 0.25) is 5.91 Å². The predicted molar refractivity (Wildman–Crippen MR) is 162 cm³/mol. The molecule has 1 aliphatic carbocycles. The van der Waals surface area contributed by atoms with Crippen LogP contribution in [0.4, 0.5) is 5.00 Å². The SMILES string of the molecule is CCOC(=O)c1c(NC(=O)C(C)Sc2nnc(CNC(=O)c3cccs3)n2-c2cccc(C)c2)sc2c1CCCC2. The topological polar surface area (TPSA) is 115 Å². The first kappa shape index (κ1) is 29.0. The molecule has 0 spiro atoms. The number of benzene rings is 1. The fourth-order valence-corrected chi connectivity index (χ4v) is 7.48. The lowest BCUT2D eigenvalue weighted by molar-refractivity contribution is -0.115. The van der Waals surface area contributed by atoms with Crippen molar-refractivity contribution >= 4 is 57.2 Å². The van der Waals surface area contributed by atoms with Crippen LogP contribution in [0.5, 0.6) is 0 Å². The van der Waals surface area contributed by atoms with Crippen molar-refractivity contribution in [2.75, 3.05) is 11.9 Å². The van der Waals surface area contributed by atoms with Gasteiger partial charge >= 0.3 is 5.97 Å². The summed E-state index contributed by atoms with van der Waals surface area (Å²) < 4.78 is 7.20. The van der Waals surface area contributed by atoms with Crippen LogP contribution >= 0.6 is 34.4 Å². The number of anilines is 1. The molecule has 0 saturated carbocycles. The summed E-state index contributed by atoms with van der Waals surface area (Å²) in [6.07, 6.45) is 3.80. The normalized spacial score (nSPS) is 13.3. The van der Waals surface area contributed by atoms with Gasteiger partial charge < -0.3 is 15.4 Å². The first-order valence-corrected chi connectivity index (χ1v) is 16.1. The van der Waals surface area contributed by atoms with Crippen molar-refractivity contribution in [2.24, 2.45) is 0 Å². The molecular weight excluding hydrogens is 579 g/mol. The second-order valence-electron chi connectivity index (χ2n) is 9.62. The molecule has 1 unspecified atom stereocenters. The van der Waals surface area contributed by atoms with Gasteiger partial charge in [0.05, 0.1) is 28.8 Å². The maximum absolute atomic E-state index is 13.4. The highest BCUT2D eigenvalue weighted by atomic mass is 32.2. The van der Waals surface area contributed by atoms with E-state index >= 15 is 0 Å². The highest BCUT2D eigenvalue weighted by Gasteiger charge is 2.29. The van der Waals surface area contributed by atoms with Gasteiger partial charge in [0.1, 0.15) is 5.00 Å². The number of thioether (sulfide) groups is 1. The summed E-state index contributed by atoms with van der Waals surface area (Å²) in [5.74, 6) is -0.274. The molecule has 0 saturated heterocycles. The Morgan fingerprint density at radius 3 is 2.73 bits per heavy atom. The molecule has 0 aliphatic heterocycles. The van der Waals surface area contributed by atoms with Crippen molar-refractivity contribution in [3.05, 3.63) is 74.0 Å². The maximum Gasteiger partial charge on any atom is 0.341 e. The highest BCUT2D eigenvalue weighted by Crippen LogP contribution is 2.39. The van der Waals surface area contributed by atoms with Crippen LogP contribution in [0.2, 0.25) is 0 Å². The minimum absolute atomic E-state index is 0.169. The Morgan fingerprint density at radius 1 is 1.15 bits per heavy atom. The number of rotatable bonds is 10. The number of hydrogen-bond donors (Lipinski definition) is 2. The summed E-state index contributed by atoms with van der Waals surface area (Å²) in [6.45, 7) is 6.01. The molecule has 9 nitrogen and oxygen atoms in total. The zero-order valence-electron chi connectivity index (χ0n) is 23.1. The highest BCUT2D eigenvalue weighted by molar-refractivity contribution is 8.00. The van der Waals surface area contributed by atoms with E-state index in [4.69, 9.17) is 4.74 Å². The van der Waals surface area contributed by atoms with Gasteiger partial charge in [-0.15, -0.1) is 32.9 Å². The van der Waals surface area contributed by atoms with Crippen LogP contribution in [0.15, 0.2) is 46.9 Å². The Hall–Kier alpha value is -3.48. The van der Waals surface area contributed by atoms with E-state index < -0.39 is 11.2 Å². The van der Waals surface area contributed by atoms with Crippen LogP contribution < -0.4 is 10.6 Å². The molecule has 5 rings (SSSR count). The number of nitrogens with one attached hydrogen (secondary N) is 2. The molecule has 1 atom stereocenters. The predicted octanol–water partition coefficient (Wildman–Crippen LogP) is 5.80. The van der Waals surface area contributed by atoms with E-state index in [9.17, 15) is 14.4 Å². The second-order valence-corrected chi connectivity index (χ2v) is 13.0. The average molecular weight is 610 g/mol. The number of esters is 1. The first-order valence-electron chi connectivity index (χ1n) is 13.5. The Balaban J connectivity index is 1.37. The molecule has 0 bridgehead atoms. The standard InChI is InChI=1S/C29H31N5O4S3/c1-4-38-28(37)24-20-11-5-6-12-21(20)41-27(24)31-25(35)18(3)40-29-33-32-23(16-30-26(36)22-13-8-14-39-22)34(29)19-10-7-9-17(2)15-19/h7-10,13-15,18H,4-6,11-12,16H2,1-3H3,(H,30,36)(H,31,35). The summed E-state index contributed by atoms with van der Waals surface area (Å²) in [4.78, 5) is 40.6. The van der Waals surface area contributed by atoms with E-state index in [0.29, 0.717) is 26.4 Å². The summed E-state index contributed by atoms with van der Waals surface area (Å²) in [5.41, 5.74) is 3.38. The van der Waals surface area contributed by atoms with Crippen LogP contribution in [0.3, 0.4) is 0 Å². The fourth-order valence-electron chi connectivity index (χ4n) is 4.67. The molecule has 41 heavy (non-hydrogen) atoms. The first-order chi connectivity index (χ1) is 19.9. The van der Waals surface area contributed by atoms with Gasteiger partial charge in [-0.2, -0.15) is 0 Å². The van der Waals surface area contributed by atoms with E-state index in [1.54, 1.807) is 19.9 Å². The van der Waals surface area contributed by atoms with Gasteiger partial charge in [-0.05, 0) is 81.2 Å².